The Bertz CT molecular complexity index is 1910. The van der Waals surface area contributed by atoms with Gasteiger partial charge in [-0.05, 0) is 28.1 Å². The van der Waals surface area contributed by atoms with Crippen molar-refractivity contribution in [1.29, 1.82) is 0 Å². The molecule has 0 saturated carbocycles. The number of imidazole rings is 2. The number of rotatable bonds is 3. The highest BCUT2D eigenvalue weighted by Gasteiger charge is 2.35. The van der Waals surface area contributed by atoms with Gasteiger partial charge in [-0.2, -0.15) is 18.2 Å². The first-order valence-corrected chi connectivity index (χ1v) is 12.4. The highest BCUT2D eigenvalue weighted by Crippen LogP contribution is 2.37. The number of nitrogens with zero attached hydrogens (tertiary/aromatic N) is 3. The van der Waals surface area contributed by atoms with E-state index in [0.29, 0.717) is 36.6 Å². The van der Waals surface area contributed by atoms with Gasteiger partial charge in [0.15, 0.2) is 21.5 Å². The van der Waals surface area contributed by atoms with E-state index in [2.05, 4.69) is 55.8 Å². The maximum absolute atomic E-state index is 13.1. The second kappa shape index (κ2) is 10.5. The number of hydrogen-bond acceptors (Lipinski definition) is 8. The SMILES string of the molecule is O=c1[nH]c(=O)c2[nH]c(Br)nc2[nH]1.O=c1[nH]c(=O)c2[nH]c(N3CCC(Oc4ccccc4C(F)(F)F)CC3)nc2[nH]1. The Hall–Kier alpha value is -4.61. The van der Waals surface area contributed by atoms with E-state index >= 15 is 0 Å². The van der Waals surface area contributed by atoms with Gasteiger partial charge in [0.1, 0.15) is 17.4 Å². The van der Waals surface area contributed by atoms with Crippen LogP contribution in [0, 0.1) is 0 Å². The summed E-state index contributed by atoms with van der Waals surface area (Å²) in [6, 6.07) is 5.15. The van der Waals surface area contributed by atoms with Crippen LogP contribution in [0.25, 0.3) is 22.3 Å². The lowest BCUT2D eigenvalue weighted by Gasteiger charge is -2.32. The third-order valence-corrected chi connectivity index (χ3v) is 6.34. The van der Waals surface area contributed by atoms with Gasteiger partial charge in [-0.1, -0.05) is 12.1 Å². The molecule has 1 fully saturated rings. The van der Waals surface area contributed by atoms with Crippen LogP contribution in [0.1, 0.15) is 18.4 Å². The van der Waals surface area contributed by atoms with Crippen LogP contribution in [0.5, 0.6) is 5.75 Å². The van der Waals surface area contributed by atoms with E-state index in [-0.39, 0.29) is 34.2 Å². The summed E-state index contributed by atoms with van der Waals surface area (Å²) >= 11 is 3.04. The molecule has 0 unspecified atom stereocenters. The van der Waals surface area contributed by atoms with Crippen molar-refractivity contribution in [3.63, 3.8) is 0 Å². The van der Waals surface area contributed by atoms with Crippen molar-refractivity contribution in [2.45, 2.75) is 25.1 Å². The summed E-state index contributed by atoms with van der Waals surface area (Å²) in [4.78, 5) is 69.3. The maximum Gasteiger partial charge on any atom is 0.419 e. The molecule has 6 N–H and O–H groups in total. The van der Waals surface area contributed by atoms with E-state index in [0.717, 1.165) is 6.07 Å². The number of nitrogens with one attached hydrogen (secondary N) is 6. The molecule has 1 aliphatic heterocycles. The highest BCUT2D eigenvalue weighted by molar-refractivity contribution is 9.10. The molecule has 4 aromatic heterocycles. The van der Waals surface area contributed by atoms with Gasteiger partial charge < -0.3 is 19.6 Å². The number of anilines is 1. The van der Waals surface area contributed by atoms with Crippen molar-refractivity contribution in [3.8, 4) is 5.75 Å². The molecule has 0 aliphatic carbocycles. The van der Waals surface area contributed by atoms with E-state index in [1.165, 1.54) is 18.2 Å². The smallest absolute Gasteiger partial charge is 0.419 e. The number of aromatic amines is 6. The fourth-order valence-electron chi connectivity index (χ4n) is 4.14. The molecule has 6 rings (SSSR count). The number of hydrogen-bond donors (Lipinski definition) is 6. The summed E-state index contributed by atoms with van der Waals surface area (Å²) in [6.45, 7) is 0.946. The lowest BCUT2D eigenvalue weighted by Crippen LogP contribution is -2.39. The van der Waals surface area contributed by atoms with Gasteiger partial charge >= 0.3 is 17.6 Å². The molecule has 1 saturated heterocycles. The molecule has 0 atom stereocenters. The van der Waals surface area contributed by atoms with E-state index in [1.807, 2.05) is 4.90 Å². The minimum Gasteiger partial charge on any atom is -0.490 e. The van der Waals surface area contributed by atoms with Gasteiger partial charge in [0.2, 0.25) is 5.95 Å². The molecule has 5 aromatic rings. The molecule has 0 amide bonds. The highest BCUT2D eigenvalue weighted by atomic mass is 79.9. The number of benzene rings is 1. The van der Waals surface area contributed by atoms with E-state index in [1.54, 1.807) is 0 Å². The number of aromatic nitrogens is 8. The van der Waals surface area contributed by atoms with Crippen molar-refractivity contribution in [2.24, 2.45) is 0 Å². The van der Waals surface area contributed by atoms with Crippen molar-refractivity contribution in [1.82, 2.24) is 39.9 Å². The number of H-pyrrole nitrogens is 6. The normalized spacial score (nSPS) is 14.3. The van der Waals surface area contributed by atoms with Crippen LogP contribution in [-0.2, 0) is 6.18 Å². The largest absolute Gasteiger partial charge is 0.490 e. The molecule has 18 heteroatoms. The van der Waals surface area contributed by atoms with Crippen LogP contribution in [0.2, 0.25) is 0 Å². The van der Waals surface area contributed by atoms with E-state index in [4.69, 9.17) is 4.74 Å². The zero-order valence-corrected chi connectivity index (χ0v) is 21.7. The Morgan fingerprint density at radius 2 is 1.40 bits per heavy atom. The van der Waals surface area contributed by atoms with Crippen LogP contribution in [0.4, 0.5) is 19.1 Å². The summed E-state index contributed by atoms with van der Waals surface area (Å²) in [5, 5.41) is 0. The van der Waals surface area contributed by atoms with Gasteiger partial charge in [0.05, 0.1) is 5.56 Å². The van der Waals surface area contributed by atoms with Crippen molar-refractivity contribution >= 4 is 44.2 Å². The van der Waals surface area contributed by atoms with Crippen molar-refractivity contribution in [3.05, 3.63) is 76.2 Å². The van der Waals surface area contributed by atoms with Crippen LogP contribution in [0.15, 0.2) is 48.2 Å². The lowest BCUT2D eigenvalue weighted by atomic mass is 10.1. The Balaban J connectivity index is 0.000000223. The first kappa shape index (κ1) is 27.0. The molecule has 14 nitrogen and oxygen atoms in total. The summed E-state index contributed by atoms with van der Waals surface area (Å²) in [5.41, 5.74) is -2.24. The zero-order valence-electron chi connectivity index (χ0n) is 20.1. The third kappa shape index (κ3) is 5.70. The minimum absolute atomic E-state index is 0.154. The molecule has 0 spiro atoms. The molecule has 1 aromatic carbocycles. The quantitative estimate of drug-likeness (QED) is 0.163. The van der Waals surface area contributed by atoms with Crippen molar-refractivity contribution < 1.29 is 17.9 Å². The second-order valence-electron chi connectivity index (χ2n) is 8.65. The first-order chi connectivity index (χ1) is 19.0. The van der Waals surface area contributed by atoms with Crippen LogP contribution >= 0.6 is 15.9 Å². The number of ether oxygens (including phenoxy) is 1. The summed E-state index contributed by atoms with van der Waals surface area (Å²) < 4.78 is 45.3. The Kier molecular flexibility index (Phi) is 7.09. The minimum atomic E-state index is -4.48. The summed E-state index contributed by atoms with van der Waals surface area (Å²) in [5.74, 6) is 0.234. The van der Waals surface area contributed by atoms with Gasteiger partial charge in [0, 0.05) is 25.9 Å². The fraction of sp³-hybridized carbons (Fsp3) is 0.273. The zero-order chi connectivity index (χ0) is 28.6. The molecule has 0 radical (unpaired) electrons. The summed E-state index contributed by atoms with van der Waals surface area (Å²) in [6.07, 6.45) is -3.88. The Morgan fingerprint density at radius 3 is 2.02 bits per heavy atom. The molecule has 210 valence electrons. The Morgan fingerprint density at radius 1 is 0.825 bits per heavy atom. The second-order valence-corrected chi connectivity index (χ2v) is 9.40. The number of halogens is 4. The average Bonchev–Trinajstić information content (AvgIpc) is 3.48. The number of alkyl halides is 3. The third-order valence-electron chi connectivity index (χ3n) is 5.97. The van der Waals surface area contributed by atoms with Crippen molar-refractivity contribution in [2.75, 3.05) is 18.0 Å². The predicted molar refractivity (Wildman–Crippen MR) is 140 cm³/mol. The molecule has 1 aliphatic rings. The number of piperidine rings is 1. The summed E-state index contributed by atoms with van der Waals surface area (Å²) in [7, 11) is 0. The van der Waals surface area contributed by atoms with Gasteiger partial charge in [-0.25, -0.2) is 14.6 Å². The maximum atomic E-state index is 13.1. The van der Waals surface area contributed by atoms with Gasteiger partial charge in [0.25, 0.3) is 11.1 Å². The number of fused-ring (bicyclic) bond motifs is 2. The molecule has 40 heavy (non-hydrogen) atoms. The molecule has 5 heterocycles. The van der Waals surface area contributed by atoms with E-state index in [9.17, 15) is 32.3 Å². The molecule has 0 bridgehead atoms. The van der Waals surface area contributed by atoms with Gasteiger partial charge in [-0.3, -0.25) is 29.5 Å². The fourth-order valence-corrected chi connectivity index (χ4v) is 4.52. The molecular formula is C22H19BrF3N9O5. The lowest BCUT2D eigenvalue weighted by molar-refractivity contribution is -0.139. The van der Waals surface area contributed by atoms with Crippen LogP contribution < -0.4 is 32.1 Å². The topological polar surface area (TPSA) is 201 Å². The van der Waals surface area contributed by atoms with Gasteiger partial charge in [-0.15, -0.1) is 0 Å². The Labute approximate surface area is 227 Å². The monoisotopic (exact) mass is 625 g/mol. The number of para-hydroxylation sites is 1. The van der Waals surface area contributed by atoms with E-state index < -0.39 is 34.2 Å². The first-order valence-electron chi connectivity index (χ1n) is 11.7. The predicted octanol–water partition coefficient (Wildman–Crippen LogP) is 1.71. The molecular weight excluding hydrogens is 607 g/mol. The average molecular weight is 626 g/mol. The van der Waals surface area contributed by atoms with Crippen LogP contribution in [0.3, 0.4) is 0 Å². The van der Waals surface area contributed by atoms with Crippen LogP contribution in [-0.4, -0.2) is 59.1 Å². The standard InChI is InChI=1S/C17H16F3N5O3.C5H3BrN4O2/c18-17(19,20)10-3-1-2-4-11(10)28-9-5-7-25(8-6-9)15-21-12-13(22-15)23-16(27)24-14(12)26;6-4-7-1-2(8-4)9-5(12)10-3(1)11/h1-4,9H,5-8H2,(H3,21,22,23,24,26,27);(H3,7,8,9,10,11,12).